The predicted molar refractivity (Wildman–Crippen MR) is 82.4 cm³/mol. The maximum atomic E-state index is 13.2. The number of ketones is 1. The van der Waals surface area contributed by atoms with Gasteiger partial charge in [0, 0.05) is 21.8 Å². The molecule has 2 nitrogen and oxygen atoms in total. The van der Waals surface area contributed by atoms with E-state index in [1.807, 2.05) is 30.3 Å². The second kappa shape index (κ2) is 5.74. The van der Waals surface area contributed by atoms with Crippen LogP contribution in [-0.4, -0.2) is 18.6 Å². The fourth-order valence-corrected chi connectivity index (χ4v) is 3.24. The molecule has 0 spiro atoms. The maximum absolute atomic E-state index is 13.2. The zero-order valence-corrected chi connectivity index (χ0v) is 12.2. The summed E-state index contributed by atoms with van der Waals surface area (Å²) in [4.78, 5) is 13.1. The van der Waals surface area contributed by atoms with E-state index in [0.29, 0.717) is 16.2 Å². The maximum Gasteiger partial charge on any atom is 0.191 e. The van der Waals surface area contributed by atoms with Crippen LogP contribution in [0.15, 0.2) is 52.9 Å². The lowest BCUT2D eigenvalue weighted by Gasteiger charge is -2.17. The lowest BCUT2D eigenvalue weighted by atomic mass is 10.0. The van der Waals surface area contributed by atoms with E-state index >= 15 is 0 Å². The quantitative estimate of drug-likeness (QED) is 0.777. The molecule has 106 valence electrons. The Hall–Kier alpha value is -2.07. The molecule has 0 saturated heterocycles. The molecule has 0 fully saturated rings. The van der Waals surface area contributed by atoms with Crippen LogP contribution in [0.4, 0.5) is 4.39 Å². The van der Waals surface area contributed by atoms with Crippen molar-refractivity contribution in [1.29, 1.82) is 0 Å². The van der Waals surface area contributed by atoms with Crippen molar-refractivity contribution >= 4 is 23.6 Å². The molecule has 21 heavy (non-hydrogen) atoms. The topological polar surface area (TPSA) is 26.3 Å². The lowest BCUT2D eigenvalue weighted by molar-refractivity contribution is 0.103. The molecule has 0 amide bonds. The molecule has 3 rings (SSSR count). The highest BCUT2D eigenvalue weighted by Gasteiger charge is 2.22. The van der Waals surface area contributed by atoms with Gasteiger partial charge in [-0.15, -0.1) is 11.8 Å². The fraction of sp³-hybridized carbons (Fsp3) is 0.118. The first-order valence-corrected chi connectivity index (χ1v) is 7.47. The van der Waals surface area contributed by atoms with E-state index in [1.165, 1.54) is 23.9 Å². The van der Waals surface area contributed by atoms with Crippen molar-refractivity contribution in [3.8, 4) is 5.75 Å². The summed E-state index contributed by atoms with van der Waals surface area (Å²) in [5.41, 5.74) is 2.25. The van der Waals surface area contributed by atoms with Crippen molar-refractivity contribution in [3.05, 3.63) is 65.0 Å². The zero-order chi connectivity index (χ0) is 14.8. The number of halogens is 1. The molecule has 0 aliphatic carbocycles. The Morgan fingerprint density at radius 2 is 1.95 bits per heavy atom. The number of ether oxygens (including phenoxy) is 1. The van der Waals surface area contributed by atoms with Gasteiger partial charge in [-0.05, 0) is 42.0 Å². The van der Waals surface area contributed by atoms with Gasteiger partial charge in [-0.1, -0.05) is 12.1 Å². The molecular formula is C17H13FO2S. The van der Waals surface area contributed by atoms with Crippen molar-refractivity contribution in [2.24, 2.45) is 0 Å². The number of benzene rings is 2. The molecule has 0 N–H and O–H groups in total. The molecule has 0 bridgehead atoms. The Morgan fingerprint density at radius 3 is 2.67 bits per heavy atom. The Balaban J connectivity index is 1.91. The minimum absolute atomic E-state index is 0.0282. The van der Waals surface area contributed by atoms with Crippen molar-refractivity contribution in [3.63, 3.8) is 0 Å². The van der Waals surface area contributed by atoms with E-state index in [4.69, 9.17) is 4.74 Å². The molecule has 0 atom stereocenters. The monoisotopic (exact) mass is 300 g/mol. The average molecular weight is 300 g/mol. The van der Waals surface area contributed by atoms with Crippen molar-refractivity contribution in [2.75, 3.05) is 12.9 Å². The number of carbonyl (C=O) groups excluding carboxylic acids is 1. The Kier molecular flexibility index (Phi) is 3.80. The molecule has 2 aromatic carbocycles. The van der Waals surface area contributed by atoms with Crippen molar-refractivity contribution < 1.29 is 13.9 Å². The highest BCUT2D eigenvalue weighted by Crippen LogP contribution is 2.34. The van der Waals surface area contributed by atoms with E-state index in [-0.39, 0.29) is 11.6 Å². The smallest absolute Gasteiger partial charge is 0.191 e. The number of thioether (sulfide) groups is 1. The molecule has 0 saturated carbocycles. The van der Waals surface area contributed by atoms with E-state index in [2.05, 4.69) is 0 Å². The average Bonchev–Trinajstić information content (AvgIpc) is 2.51. The third-order valence-corrected chi connectivity index (χ3v) is 4.42. The normalized spacial score (nSPS) is 15.9. The largest absolute Gasteiger partial charge is 0.497 e. The Bertz CT molecular complexity index is 720. The van der Waals surface area contributed by atoms with Crippen LogP contribution in [0.25, 0.3) is 6.08 Å². The van der Waals surface area contributed by atoms with Crippen LogP contribution in [-0.2, 0) is 0 Å². The number of carbonyl (C=O) groups is 1. The summed E-state index contributed by atoms with van der Waals surface area (Å²) in [6.45, 7) is 0. The molecule has 4 heteroatoms. The number of hydrogen-bond acceptors (Lipinski definition) is 3. The molecule has 0 aromatic heterocycles. The van der Waals surface area contributed by atoms with Crippen LogP contribution in [0.1, 0.15) is 15.9 Å². The van der Waals surface area contributed by atoms with E-state index in [1.54, 1.807) is 13.2 Å². The van der Waals surface area contributed by atoms with Gasteiger partial charge in [-0.2, -0.15) is 0 Å². The van der Waals surface area contributed by atoms with Crippen LogP contribution in [0.5, 0.6) is 5.75 Å². The van der Waals surface area contributed by atoms with E-state index in [9.17, 15) is 9.18 Å². The van der Waals surface area contributed by atoms with Gasteiger partial charge in [-0.25, -0.2) is 4.39 Å². The molecule has 1 aliphatic heterocycles. The van der Waals surface area contributed by atoms with Crippen LogP contribution in [0.3, 0.4) is 0 Å². The minimum Gasteiger partial charge on any atom is -0.497 e. The molecule has 1 aliphatic rings. The number of fused-ring (bicyclic) bond motifs is 1. The third-order valence-electron chi connectivity index (χ3n) is 3.32. The zero-order valence-electron chi connectivity index (χ0n) is 11.4. The SMILES string of the molecule is COc1ccc(/C=C2\CSc3cc(F)ccc3C2=O)cc1. The van der Waals surface area contributed by atoms with Gasteiger partial charge in [0.25, 0.3) is 0 Å². The van der Waals surface area contributed by atoms with Crippen LogP contribution in [0, 0.1) is 5.82 Å². The summed E-state index contributed by atoms with van der Waals surface area (Å²) < 4.78 is 18.3. The fourth-order valence-electron chi connectivity index (χ4n) is 2.21. The Morgan fingerprint density at radius 1 is 1.19 bits per heavy atom. The first-order valence-electron chi connectivity index (χ1n) is 6.49. The second-order valence-corrected chi connectivity index (χ2v) is 5.72. The summed E-state index contributed by atoms with van der Waals surface area (Å²) in [6, 6.07) is 11.8. The van der Waals surface area contributed by atoms with Gasteiger partial charge in [0.1, 0.15) is 11.6 Å². The first kappa shape index (κ1) is 13.9. The summed E-state index contributed by atoms with van der Waals surface area (Å²) >= 11 is 1.49. The first-order chi connectivity index (χ1) is 10.2. The highest BCUT2D eigenvalue weighted by molar-refractivity contribution is 7.99. The third kappa shape index (κ3) is 2.85. The molecule has 0 radical (unpaired) electrons. The van der Waals surface area contributed by atoms with Gasteiger partial charge in [0.2, 0.25) is 0 Å². The van der Waals surface area contributed by atoms with Gasteiger partial charge in [-0.3, -0.25) is 4.79 Å². The van der Waals surface area contributed by atoms with Gasteiger partial charge >= 0.3 is 0 Å². The summed E-state index contributed by atoms with van der Waals surface area (Å²) in [7, 11) is 1.62. The lowest BCUT2D eigenvalue weighted by Crippen LogP contribution is -2.12. The van der Waals surface area contributed by atoms with E-state index < -0.39 is 0 Å². The summed E-state index contributed by atoms with van der Waals surface area (Å²) in [6.07, 6.45) is 1.88. The van der Waals surface area contributed by atoms with Crippen LogP contribution >= 0.6 is 11.8 Å². The van der Waals surface area contributed by atoms with Gasteiger partial charge in [0.15, 0.2) is 5.78 Å². The standard InChI is InChI=1S/C17H13FO2S/c1-20-14-5-2-11(3-6-14)8-12-10-21-16-9-13(18)4-7-15(16)17(12)19/h2-9H,10H2,1H3/b12-8+. The molecule has 0 unspecified atom stereocenters. The number of methoxy groups -OCH3 is 1. The molecule has 2 aromatic rings. The van der Waals surface area contributed by atoms with Gasteiger partial charge in [0.05, 0.1) is 7.11 Å². The number of hydrogen-bond donors (Lipinski definition) is 0. The van der Waals surface area contributed by atoms with Crippen LogP contribution < -0.4 is 4.74 Å². The predicted octanol–water partition coefficient (Wildman–Crippen LogP) is 4.21. The summed E-state index contributed by atoms with van der Waals surface area (Å²) in [5, 5.41) is 0. The minimum atomic E-state index is -0.309. The highest BCUT2D eigenvalue weighted by atomic mass is 32.2. The Labute approximate surface area is 126 Å². The van der Waals surface area contributed by atoms with Crippen LogP contribution in [0.2, 0.25) is 0 Å². The molecular weight excluding hydrogens is 287 g/mol. The van der Waals surface area contributed by atoms with E-state index in [0.717, 1.165) is 16.9 Å². The number of Topliss-reactive ketones (excluding diaryl/α,β-unsaturated/α-hetero) is 1. The van der Waals surface area contributed by atoms with Crippen molar-refractivity contribution in [2.45, 2.75) is 4.90 Å². The number of rotatable bonds is 2. The molecule has 1 heterocycles. The summed E-state index contributed by atoms with van der Waals surface area (Å²) in [5.74, 6) is 1.000. The van der Waals surface area contributed by atoms with Crippen molar-refractivity contribution in [1.82, 2.24) is 0 Å². The van der Waals surface area contributed by atoms with Gasteiger partial charge < -0.3 is 4.74 Å². The second-order valence-electron chi connectivity index (χ2n) is 4.70.